The maximum absolute atomic E-state index is 13.7. The van der Waals surface area contributed by atoms with Crippen LogP contribution in [0, 0.1) is 13.8 Å². The minimum Gasteiger partial charge on any atom is -0.503 e. The minimum atomic E-state index is -0.978. The molecular weight excluding hydrogens is 458 g/mol. The average Bonchev–Trinajstić information content (AvgIpc) is 3.54. The zero-order chi connectivity index (χ0) is 24.1. The molecule has 1 aliphatic heterocycles. The van der Waals surface area contributed by atoms with Crippen LogP contribution in [0.3, 0.4) is 0 Å². The monoisotopic (exact) mass is 477 g/mol. The fourth-order valence-electron chi connectivity index (χ4n) is 4.26. The first kappa shape index (κ1) is 21.9. The molecule has 0 aliphatic carbocycles. The summed E-state index contributed by atoms with van der Waals surface area (Å²) in [7, 11) is 1.47. The number of hydrogen-bond acceptors (Lipinski definition) is 6. The first-order valence-electron chi connectivity index (χ1n) is 10.5. The molecule has 1 amide bonds. The third-order valence-electron chi connectivity index (χ3n) is 5.88. The molecule has 0 radical (unpaired) electrons. The summed E-state index contributed by atoms with van der Waals surface area (Å²) in [4.78, 5) is 28.4. The van der Waals surface area contributed by atoms with Crippen LogP contribution in [0.25, 0.3) is 11.0 Å². The van der Waals surface area contributed by atoms with Gasteiger partial charge in [-0.25, -0.2) is 0 Å². The van der Waals surface area contributed by atoms with Crippen LogP contribution in [-0.4, -0.2) is 23.9 Å². The summed E-state index contributed by atoms with van der Waals surface area (Å²) >= 11 is 6.15. The summed E-state index contributed by atoms with van der Waals surface area (Å²) in [6.07, 6.45) is 1.45. The number of aliphatic hydroxyl groups excluding tert-OH is 1. The Morgan fingerprint density at radius 1 is 1.15 bits per heavy atom. The van der Waals surface area contributed by atoms with Gasteiger partial charge in [0, 0.05) is 22.2 Å². The van der Waals surface area contributed by atoms with E-state index in [1.54, 1.807) is 24.3 Å². The standard InChI is InChI=1S/C26H20ClNO6/c1-13-6-7-14(2)17(9-13)28-22(18-5-4-8-33-18)21(24(30)26(28)31)23(29)19-11-15-10-16(27)12-20(32-3)25(15)34-19/h4-12,22,30H,1-3H3. The van der Waals surface area contributed by atoms with Crippen LogP contribution < -0.4 is 9.64 Å². The number of Topliss-reactive ketones (excluding diaryl/α,β-unsaturated/α-hetero) is 1. The van der Waals surface area contributed by atoms with Crippen molar-refractivity contribution in [1.29, 1.82) is 0 Å². The number of carbonyl (C=O) groups is 2. The van der Waals surface area contributed by atoms with Crippen LogP contribution >= 0.6 is 11.6 Å². The lowest BCUT2D eigenvalue weighted by Crippen LogP contribution is -2.31. The van der Waals surface area contributed by atoms with Crippen molar-refractivity contribution >= 4 is 39.9 Å². The van der Waals surface area contributed by atoms with Gasteiger partial charge < -0.3 is 18.7 Å². The summed E-state index contributed by atoms with van der Waals surface area (Å²) in [5.74, 6) is -1.37. The van der Waals surface area contributed by atoms with E-state index in [4.69, 9.17) is 25.2 Å². The molecule has 3 heterocycles. The number of aryl methyl sites for hydroxylation is 2. The maximum Gasteiger partial charge on any atom is 0.294 e. The molecule has 0 spiro atoms. The smallest absolute Gasteiger partial charge is 0.294 e. The number of ketones is 1. The second-order valence-electron chi connectivity index (χ2n) is 8.11. The number of halogens is 1. The molecule has 0 bridgehead atoms. The molecule has 0 saturated carbocycles. The molecule has 7 nitrogen and oxygen atoms in total. The number of anilines is 1. The lowest BCUT2D eigenvalue weighted by atomic mass is 9.98. The normalized spacial score (nSPS) is 16.1. The van der Waals surface area contributed by atoms with Gasteiger partial charge in [0.25, 0.3) is 5.91 Å². The molecule has 1 N–H and O–H groups in total. The molecule has 2 aromatic heterocycles. The fourth-order valence-corrected chi connectivity index (χ4v) is 4.48. The van der Waals surface area contributed by atoms with E-state index in [1.165, 1.54) is 24.3 Å². The molecule has 8 heteroatoms. The number of fused-ring (bicyclic) bond motifs is 1. The number of benzene rings is 2. The van der Waals surface area contributed by atoms with Crippen molar-refractivity contribution in [2.24, 2.45) is 0 Å². The van der Waals surface area contributed by atoms with Crippen molar-refractivity contribution in [3.63, 3.8) is 0 Å². The Hall–Kier alpha value is -3.97. The van der Waals surface area contributed by atoms with Crippen LogP contribution in [0.1, 0.15) is 33.5 Å². The molecule has 0 fully saturated rings. The first-order chi connectivity index (χ1) is 16.3. The lowest BCUT2D eigenvalue weighted by Gasteiger charge is -2.26. The van der Waals surface area contributed by atoms with Gasteiger partial charge >= 0.3 is 0 Å². The Labute approximate surface area is 199 Å². The predicted molar refractivity (Wildman–Crippen MR) is 127 cm³/mol. The zero-order valence-electron chi connectivity index (χ0n) is 18.6. The summed E-state index contributed by atoms with van der Waals surface area (Å²) in [5.41, 5.74) is 2.50. The van der Waals surface area contributed by atoms with Crippen LogP contribution in [0.5, 0.6) is 5.75 Å². The van der Waals surface area contributed by atoms with Crippen LogP contribution in [0.2, 0.25) is 5.02 Å². The number of methoxy groups -OCH3 is 1. The topological polar surface area (TPSA) is 93.1 Å². The molecule has 1 aliphatic rings. The molecule has 172 valence electrons. The highest BCUT2D eigenvalue weighted by Crippen LogP contribution is 2.44. The number of amides is 1. The van der Waals surface area contributed by atoms with Gasteiger partial charge in [-0.1, -0.05) is 23.7 Å². The van der Waals surface area contributed by atoms with Crippen LogP contribution in [-0.2, 0) is 4.79 Å². The number of aliphatic hydroxyl groups is 1. The van der Waals surface area contributed by atoms with E-state index in [9.17, 15) is 14.7 Å². The highest BCUT2D eigenvalue weighted by atomic mass is 35.5. The molecular formula is C26H20ClNO6. The Kier molecular flexibility index (Phi) is 5.21. The van der Waals surface area contributed by atoms with E-state index in [2.05, 4.69) is 0 Å². The van der Waals surface area contributed by atoms with Crippen LogP contribution in [0.4, 0.5) is 5.69 Å². The van der Waals surface area contributed by atoms with Gasteiger partial charge in [-0.3, -0.25) is 14.5 Å². The quantitative estimate of drug-likeness (QED) is 0.350. The van der Waals surface area contributed by atoms with E-state index in [0.29, 0.717) is 33.2 Å². The Bertz CT molecular complexity index is 1480. The average molecular weight is 478 g/mol. The predicted octanol–water partition coefficient (Wildman–Crippen LogP) is 6.09. The number of hydrogen-bond donors (Lipinski definition) is 1. The third-order valence-corrected chi connectivity index (χ3v) is 6.10. The highest BCUT2D eigenvalue weighted by molar-refractivity contribution is 6.31. The number of rotatable bonds is 5. The molecule has 1 unspecified atom stereocenters. The summed E-state index contributed by atoms with van der Waals surface area (Å²) in [5, 5.41) is 11.9. The van der Waals surface area contributed by atoms with Crippen LogP contribution in [0.15, 0.2) is 75.0 Å². The molecule has 0 saturated heterocycles. The van der Waals surface area contributed by atoms with Gasteiger partial charge in [-0.05, 0) is 55.3 Å². The third kappa shape index (κ3) is 3.36. The first-order valence-corrected chi connectivity index (χ1v) is 10.9. The Morgan fingerprint density at radius 3 is 2.65 bits per heavy atom. The van der Waals surface area contributed by atoms with Crippen molar-refractivity contribution < 1.29 is 28.3 Å². The SMILES string of the molecule is COc1cc(Cl)cc2cc(C(=O)C3=C(O)C(=O)N(c4cc(C)ccc4C)C3c3ccco3)oc12. The van der Waals surface area contributed by atoms with E-state index < -0.39 is 23.5 Å². The number of ether oxygens (including phenoxy) is 1. The van der Waals surface area contributed by atoms with E-state index in [-0.39, 0.29) is 11.3 Å². The van der Waals surface area contributed by atoms with Crippen molar-refractivity contribution in [3.8, 4) is 5.75 Å². The molecule has 2 aromatic carbocycles. The Morgan fingerprint density at radius 2 is 1.94 bits per heavy atom. The van der Waals surface area contributed by atoms with E-state index in [0.717, 1.165) is 11.1 Å². The molecule has 4 aromatic rings. The van der Waals surface area contributed by atoms with Gasteiger partial charge in [0.1, 0.15) is 11.8 Å². The number of furan rings is 2. The van der Waals surface area contributed by atoms with Gasteiger partial charge in [0.05, 0.1) is 18.9 Å². The zero-order valence-corrected chi connectivity index (χ0v) is 19.3. The number of carbonyl (C=O) groups excluding carboxylic acids is 2. The van der Waals surface area contributed by atoms with Gasteiger partial charge in [0.2, 0.25) is 5.78 Å². The summed E-state index contributed by atoms with van der Waals surface area (Å²) < 4.78 is 16.7. The Balaban J connectivity index is 1.67. The largest absolute Gasteiger partial charge is 0.503 e. The summed E-state index contributed by atoms with van der Waals surface area (Å²) in [6, 6.07) is 12.7. The van der Waals surface area contributed by atoms with E-state index in [1.807, 2.05) is 32.0 Å². The maximum atomic E-state index is 13.7. The molecule has 5 rings (SSSR count). The summed E-state index contributed by atoms with van der Waals surface area (Å²) in [6.45, 7) is 3.75. The van der Waals surface area contributed by atoms with Crippen molar-refractivity contribution in [1.82, 2.24) is 0 Å². The van der Waals surface area contributed by atoms with Gasteiger partial charge in [-0.15, -0.1) is 0 Å². The van der Waals surface area contributed by atoms with Crippen molar-refractivity contribution in [2.45, 2.75) is 19.9 Å². The lowest BCUT2D eigenvalue weighted by molar-refractivity contribution is -0.117. The van der Waals surface area contributed by atoms with Crippen molar-refractivity contribution in [2.75, 3.05) is 12.0 Å². The van der Waals surface area contributed by atoms with Crippen molar-refractivity contribution in [3.05, 3.63) is 93.8 Å². The highest BCUT2D eigenvalue weighted by Gasteiger charge is 2.47. The molecule has 1 atom stereocenters. The number of nitrogens with zero attached hydrogens (tertiary/aromatic N) is 1. The van der Waals surface area contributed by atoms with Gasteiger partial charge in [0.15, 0.2) is 22.9 Å². The fraction of sp³-hybridized carbons (Fsp3) is 0.154. The second kappa shape index (κ2) is 8.11. The minimum absolute atomic E-state index is 0.0655. The van der Waals surface area contributed by atoms with Gasteiger partial charge in [-0.2, -0.15) is 0 Å². The van der Waals surface area contributed by atoms with E-state index >= 15 is 0 Å². The molecule has 34 heavy (non-hydrogen) atoms. The second-order valence-corrected chi connectivity index (χ2v) is 8.55.